The van der Waals surface area contributed by atoms with Crippen LogP contribution in [0, 0.1) is 16.0 Å². The maximum atomic E-state index is 12.7. The van der Waals surface area contributed by atoms with Crippen LogP contribution in [0.1, 0.15) is 29.8 Å². The minimum absolute atomic E-state index is 0.0151. The first-order chi connectivity index (χ1) is 16.7. The lowest BCUT2D eigenvalue weighted by Gasteiger charge is -2.33. The van der Waals surface area contributed by atoms with Crippen molar-refractivity contribution in [2.45, 2.75) is 19.9 Å². The highest BCUT2D eigenvalue weighted by atomic mass is 35.5. The molecule has 1 heterocycles. The van der Waals surface area contributed by atoms with Crippen LogP contribution in [0.4, 0.5) is 11.4 Å². The van der Waals surface area contributed by atoms with Gasteiger partial charge >= 0.3 is 0 Å². The number of benzene rings is 2. The number of carbonyl (C=O) groups excluding carboxylic acids is 2. The number of rotatable bonds is 8. The van der Waals surface area contributed by atoms with Crippen molar-refractivity contribution in [1.29, 1.82) is 0 Å². The van der Waals surface area contributed by atoms with Gasteiger partial charge in [0.05, 0.1) is 11.1 Å². The van der Waals surface area contributed by atoms with Crippen LogP contribution in [0.3, 0.4) is 0 Å². The Bertz CT molecular complexity index is 1110. The van der Waals surface area contributed by atoms with Crippen LogP contribution < -0.4 is 15.6 Å². The van der Waals surface area contributed by atoms with E-state index in [2.05, 4.69) is 20.7 Å². The fraction of sp³-hybridized carbons (Fsp3) is 0.375. The molecule has 0 spiro atoms. The summed E-state index contributed by atoms with van der Waals surface area (Å²) < 4.78 is 0. The zero-order valence-electron chi connectivity index (χ0n) is 19.9. The predicted octanol–water partition coefficient (Wildman–Crippen LogP) is 2.90. The second-order valence-corrected chi connectivity index (χ2v) is 9.17. The van der Waals surface area contributed by atoms with Gasteiger partial charge in [-0.05, 0) is 37.2 Å². The molecule has 2 aromatic carbocycles. The summed E-state index contributed by atoms with van der Waals surface area (Å²) in [5.74, 6) is -1.15. The van der Waals surface area contributed by atoms with Gasteiger partial charge in [0.1, 0.15) is 11.7 Å². The molecule has 1 aliphatic heterocycles. The number of nitrogens with one attached hydrogen (secondary N) is 2. The monoisotopic (exact) mass is 500 g/mol. The van der Waals surface area contributed by atoms with Gasteiger partial charge in [-0.3, -0.25) is 19.7 Å². The number of hydrazone groups is 1. The van der Waals surface area contributed by atoms with Gasteiger partial charge in [-0.25, -0.2) is 5.43 Å². The highest BCUT2D eigenvalue weighted by Gasteiger charge is 2.25. The predicted molar refractivity (Wildman–Crippen MR) is 136 cm³/mol. The summed E-state index contributed by atoms with van der Waals surface area (Å²) in [6.45, 7) is 6.67. The summed E-state index contributed by atoms with van der Waals surface area (Å²) in [4.78, 5) is 40.7. The van der Waals surface area contributed by atoms with Gasteiger partial charge in [0.2, 0.25) is 0 Å². The Morgan fingerprint density at radius 1 is 1.14 bits per heavy atom. The number of hydrogen-bond acceptors (Lipinski definition) is 7. The Hall–Kier alpha value is -3.50. The van der Waals surface area contributed by atoms with Crippen LogP contribution in [-0.2, 0) is 4.79 Å². The van der Waals surface area contributed by atoms with Crippen molar-refractivity contribution in [2.24, 2.45) is 11.0 Å². The molecule has 11 heteroatoms. The summed E-state index contributed by atoms with van der Waals surface area (Å²) in [5.41, 5.74) is 3.78. The van der Waals surface area contributed by atoms with Crippen molar-refractivity contribution < 1.29 is 14.5 Å². The lowest BCUT2D eigenvalue weighted by Crippen LogP contribution is -2.48. The number of anilines is 1. The molecule has 2 amide bonds. The van der Waals surface area contributed by atoms with Gasteiger partial charge < -0.3 is 15.1 Å². The van der Waals surface area contributed by atoms with Crippen LogP contribution in [0.2, 0.25) is 5.02 Å². The molecular weight excluding hydrogens is 472 g/mol. The average molecular weight is 501 g/mol. The third kappa shape index (κ3) is 7.00. The van der Waals surface area contributed by atoms with E-state index in [1.54, 1.807) is 44.2 Å². The lowest BCUT2D eigenvalue weighted by atomic mass is 10.0. The zero-order valence-corrected chi connectivity index (χ0v) is 20.7. The number of hydrogen-bond donors (Lipinski definition) is 2. The number of halogens is 1. The molecule has 0 saturated carbocycles. The fourth-order valence-corrected chi connectivity index (χ4v) is 3.90. The van der Waals surface area contributed by atoms with Gasteiger partial charge in [0.25, 0.3) is 17.5 Å². The number of nitro benzene ring substituents is 1. The van der Waals surface area contributed by atoms with Crippen LogP contribution in [0.5, 0.6) is 0 Å². The van der Waals surface area contributed by atoms with Crippen molar-refractivity contribution in [3.05, 3.63) is 68.7 Å². The normalized spacial score (nSPS) is 15.3. The molecule has 186 valence electrons. The second-order valence-electron chi connectivity index (χ2n) is 8.74. The van der Waals surface area contributed by atoms with E-state index in [1.807, 2.05) is 11.9 Å². The first-order valence-corrected chi connectivity index (χ1v) is 11.6. The summed E-state index contributed by atoms with van der Waals surface area (Å²) in [5, 5.41) is 18.7. The summed E-state index contributed by atoms with van der Waals surface area (Å²) >= 11 is 5.94. The van der Waals surface area contributed by atoms with Crippen LogP contribution in [0.15, 0.2) is 47.6 Å². The van der Waals surface area contributed by atoms with E-state index >= 15 is 0 Å². The quantitative estimate of drug-likeness (QED) is 0.326. The van der Waals surface area contributed by atoms with Gasteiger partial charge in [0.15, 0.2) is 0 Å². The molecule has 1 aliphatic rings. The zero-order chi connectivity index (χ0) is 25.5. The number of piperazine rings is 1. The Morgan fingerprint density at radius 2 is 1.86 bits per heavy atom. The summed E-state index contributed by atoms with van der Waals surface area (Å²) in [7, 11) is 2.02. The Morgan fingerprint density at radius 3 is 2.49 bits per heavy atom. The number of likely N-dealkylation sites (N-methyl/N-ethyl adjacent to an activating group) is 1. The van der Waals surface area contributed by atoms with Gasteiger partial charge in [-0.1, -0.05) is 37.6 Å². The van der Waals surface area contributed by atoms with E-state index in [4.69, 9.17) is 11.6 Å². The molecule has 35 heavy (non-hydrogen) atoms. The molecule has 0 radical (unpaired) electrons. The van der Waals surface area contributed by atoms with Gasteiger partial charge in [0, 0.05) is 48.4 Å². The molecule has 1 fully saturated rings. The third-order valence-corrected chi connectivity index (χ3v) is 5.99. The SMILES string of the molecule is CC(C)C(NC(=O)c1cccc(Cl)c1)C(=O)N/N=C\c1ccc(N2CCN(C)CC2)c([N+](=O)[O-])c1. The molecule has 1 unspecified atom stereocenters. The lowest BCUT2D eigenvalue weighted by molar-refractivity contribution is -0.384. The first-order valence-electron chi connectivity index (χ1n) is 11.3. The Kier molecular flexibility index (Phi) is 8.78. The molecule has 0 aromatic heterocycles. The smallest absolute Gasteiger partial charge is 0.293 e. The molecule has 0 bridgehead atoms. The average Bonchev–Trinajstić information content (AvgIpc) is 2.82. The Labute approximate surface area is 209 Å². The number of nitro groups is 1. The van der Waals surface area contributed by atoms with Crippen LogP contribution >= 0.6 is 11.6 Å². The molecular formula is C24H29ClN6O4. The minimum Gasteiger partial charge on any atom is -0.363 e. The molecule has 10 nitrogen and oxygen atoms in total. The number of amides is 2. The molecule has 1 atom stereocenters. The van der Waals surface area contributed by atoms with Gasteiger partial charge in [-0.15, -0.1) is 0 Å². The summed E-state index contributed by atoms with van der Waals surface area (Å²) in [6, 6.07) is 10.4. The van der Waals surface area contributed by atoms with E-state index in [-0.39, 0.29) is 11.6 Å². The van der Waals surface area contributed by atoms with Crippen molar-refractivity contribution in [2.75, 3.05) is 38.1 Å². The van der Waals surface area contributed by atoms with Crippen molar-refractivity contribution in [3.63, 3.8) is 0 Å². The van der Waals surface area contributed by atoms with E-state index < -0.39 is 22.8 Å². The largest absolute Gasteiger partial charge is 0.363 e. The fourth-order valence-electron chi connectivity index (χ4n) is 3.71. The molecule has 3 rings (SSSR count). The second kappa shape index (κ2) is 11.8. The van der Waals surface area contributed by atoms with E-state index in [9.17, 15) is 19.7 Å². The maximum Gasteiger partial charge on any atom is 0.293 e. The third-order valence-electron chi connectivity index (χ3n) is 5.75. The molecule has 2 aromatic rings. The highest BCUT2D eigenvalue weighted by molar-refractivity contribution is 6.31. The van der Waals surface area contributed by atoms with E-state index in [1.165, 1.54) is 18.3 Å². The number of carbonyl (C=O) groups is 2. The van der Waals surface area contributed by atoms with Crippen LogP contribution in [0.25, 0.3) is 0 Å². The maximum absolute atomic E-state index is 12.7. The van der Waals surface area contributed by atoms with Crippen molar-refractivity contribution in [3.8, 4) is 0 Å². The standard InChI is InChI=1S/C24H29ClN6O4/c1-16(2)22(27-23(32)18-5-4-6-19(25)14-18)24(33)28-26-15-17-7-8-20(21(13-17)31(34)35)30-11-9-29(3)10-12-30/h4-8,13-16,22H,9-12H2,1-3H3,(H,27,32)(H,28,33)/b26-15-. The van der Waals surface area contributed by atoms with E-state index in [0.717, 1.165) is 13.1 Å². The topological polar surface area (TPSA) is 120 Å². The summed E-state index contributed by atoms with van der Waals surface area (Å²) in [6.07, 6.45) is 1.34. The molecule has 0 aliphatic carbocycles. The Balaban J connectivity index is 1.67. The van der Waals surface area contributed by atoms with Crippen molar-refractivity contribution in [1.82, 2.24) is 15.6 Å². The highest BCUT2D eigenvalue weighted by Crippen LogP contribution is 2.29. The first kappa shape index (κ1) is 26.1. The molecule has 2 N–H and O–H groups in total. The van der Waals surface area contributed by atoms with E-state index in [0.29, 0.717) is 34.9 Å². The minimum atomic E-state index is -0.840. The molecule has 1 saturated heterocycles. The van der Waals surface area contributed by atoms with Crippen LogP contribution in [-0.4, -0.2) is 67.1 Å². The number of nitrogens with zero attached hydrogens (tertiary/aromatic N) is 4. The van der Waals surface area contributed by atoms with Crippen molar-refractivity contribution >= 4 is 41.0 Å². The van der Waals surface area contributed by atoms with Gasteiger partial charge in [-0.2, -0.15) is 5.10 Å².